The molecule has 100 valence electrons. The Hall–Kier alpha value is -1.24. The summed E-state index contributed by atoms with van der Waals surface area (Å²) in [7, 11) is 0. The molecule has 2 aromatic rings. The summed E-state index contributed by atoms with van der Waals surface area (Å²) >= 11 is 1.98. The van der Waals surface area contributed by atoms with Crippen molar-refractivity contribution < 1.29 is 9.18 Å². The van der Waals surface area contributed by atoms with Crippen LogP contribution in [-0.4, -0.2) is 15.6 Å². The Labute approximate surface area is 125 Å². The SMILES string of the molecule is CCn1nc(C)cc1CC(=O)c1ccc(F)cc1I. The predicted octanol–water partition coefficient (Wildman–Crippen LogP) is 3.38. The number of ketones is 1. The van der Waals surface area contributed by atoms with E-state index in [1.807, 2.05) is 47.2 Å². The minimum atomic E-state index is -0.324. The van der Waals surface area contributed by atoms with Gasteiger partial charge in [0.25, 0.3) is 0 Å². The van der Waals surface area contributed by atoms with Gasteiger partial charge >= 0.3 is 0 Å². The Morgan fingerprint density at radius 1 is 1.42 bits per heavy atom. The third-order valence-corrected chi connectivity index (χ3v) is 3.75. The maximum absolute atomic E-state index is 13.0. The van der Waals surface area contributed by atoms with Crippen molar-refractivity contribution in [3.05, 3.63) is 50.6 Å². The van der Waals surface area contributed by atoms with Gasteiger partial charge in [0.1, 0.15) is 5.82 Å². The van der Waals surface area contributed by atoms with Crippen molar-refractivity contribution in [3.63, 3.8) is 0 Å². The normalized spacial score (nSPS) is 10.7. The molecule has 0 radical (unpaired) electrons. The molecule has 2 rings (SSSR count). The lowest BCUT2D eigenvalue weighted by molar-refractivity contribution is 0.0989. The van der Waals surface area contributed by atoms with Crippen molar-refractivity contribution >= 4 is 28.4 Å². The Balaban J connectivity index is 2.25. The van der Waals surface area contributed by atoms with Crippen LogP contribution in [0.25, 0.3) is 0 Å². The Bertz CT molecular complexity index is 622. The maximum atomic E-state index is 13.0. The molecule has 0 saturated carbocycles. The van der Waals surface area contributed by atoms with Gasteiger partial charge in [-0.15, -0.1) is 0 Å². The highest BCUT2D eigenvalue weighted by Crippen LogP contribution is 2.17. The van der Waals surface area contributed by atoms with Gasteiger partial charge in [0, 0.05) is 21.4 Å². The summed E-state index contributed by atoms with van der Waals surface area (Å²) in [5.74, 6) is -0.339. The highest BCUT2D eigenvalue weighted by atomic mass is 127. The van der Waals surface area contributed by atoms with Gasteiger partial charge in [0.2, 0.25) is 0 Å². The number of nitrogens with zero attached hydrogens (tertiary/aromatic N) is 2. The number of Topliss-reactive ketones (excluding diaryl/α,β-unsaturated/α-hetero) is 1. The first-order valence-corrected chi connectivity index (χ1v) is 7.10. The molecule has 0 aliphatic heterocycles. The fraction of sp³-hybridized carbons (Fsp3) is 0.286. The van der Waals surface area contributed by atoms with Gasteiger partial charge in [-0.25, -0.2) is 4.39 Å². The minimum absolute atomic E-state index is 0.0148. The highest BCUT2D eigenvalue weighted by molar-refractivity contribution is 14.1. The molecule has 0 atom stereocenters. The van der Waals surface area contributed by atoms with Crippen LogP contribution in [0.3, 0.4) is 0 Å². The smallest absolute Gasteiger partial charge is 0.169 e. The van der Waals surface area contributed by atoms with Crippen molar-refractivity contribution in [2.24, 2.45) is 0 Å². The molecule has 0 fully saturated rings. The average Bonchev–Trinajstić information content (AvgIpc) is 2.69. The maximum Gasteiger partial charge on any atom is 0.169 e. The molecule has 1 aromatic carbocycles. The number of carbonyl (C=O) groups excluding carboxylic acids is 1. The van der Waals surface area contributed by atoms with E-state index in [4.69, 9.17) is 0 Å². The van der Waals surface area contributed by atoms with E-state index >= 15 is 0 Å². The van der Waals surface area contributed by atoms with Crippen molar-refractivity contribution in [1.29, 1.82) is 0 Å². The van der Waals surface area contributed by atoms with Gasteiger partial charge in [-0.2, -0.15) is 5.10 Å². The zero-order valence-corrected chi connectivity index (χ0v) is 12.9. The Morgan fingerprint density at radius 3 is 2.79 bits per heavy atom. The van der Waals surface area contributed by atoms with Crippen LogP contribution in [-0.2, 0) is 13.0 Å². The number of hydrogen-bond donors (Lipinski definition) is 0. The third-order valence-electron chi connectivity index (χ3n) is 2.86. The zero-order valence-electron chi connectivity index (χ0n) is 10.8. The van der Waals surface area contributed by atoms with E-state index in [0.29, 0.717) is 9.13 Å². The summed E-state index contributed by atoms with van der Waals surface area (Å²) in [5, 5.41) is 4.31. The third kappa shape index (κ3) is 3.20. The number of aromatic nitrogens is 2. The first kappa shape index (κ1) is 14.2. The second-order valence-electron chi connectivity index (χ2n) is 4.32. The second kappa shape index (κ2) is 5.81. The predicted molar refractivity (Wildman–Crippen MR) is 79.8 cm³/mol. The van der Waals surface area contributed by atoms with Crippen LogP contribution in [0.2, 0.25) is 0 Å². The van der Waals surface area contributed by atoms with Crippen molar-refractivity contribution in [3.8, 4) is 0 Å². The van der Waals surface area contributed by atoms with Gasteiger partial charge in [-0.1, -0.05) is 0 Å². The first-order chi connectivity index (χ1) is 9.01. The number of hydrogen-bond acceptors (Lipinski definition) is 2. The van der Waals surface area contributed by atoms with Crippen LogP contribution >= 0.6 is 22.6 Å². The molecule has 0 aliphatic carbocycles. The lowest BCUT2D eigenvalue weighted by Gasteiger charge is -2.06. The summed E-state index contributed by atoms with van der Waals surface area (Å²) in [6.07, 6.45) is 0.288. The van der Waals surface area contributed by atoms with Crippen molar-refractivity contribution in [2.45, 2.75) is 26.8 Å². The van der Waals surface area contributed by atoms with Crippen LogP contribution in [0.4, 0.5) is 4.39 Å². The lowest BCUT2D eigenvalue weighted by Crippen LogP contribution is -2.11. The molecule has 19 heavy (non-hydrogen) atoms. The molecule has 1 heterocycles. The topological polar surface area (TPSA) is 34.9 Å². The molecule has 0 spiro atoms. The van der Waals surface area contributed by atoms with Crippen molar-refractivity contribution in [2.75, 3.05) is 0 Å². The number of aryl methyl sites for hydroxylation is 2. The van der Waals surface area contributed by atoms with Crippen molar-refractivity contribution in [1.82, 2.24) is 9.78 Å². The molecule has 0 unspecified atom stereocenters. The minimum Gasteiger partial charge on any atom is -0.294 e. The largest absolute Gasteiger partial charge is 0.294 e. The monoisotopic (exact) mass is 372 g/mol. The standard InChI is InChI=1S/C14H14FIN2O/c1-3-18-11(6-9(2)17-18)8-14(19)12-5-4-10(15)7-13(12)16/h4-7H,3,8H2,1-2H3. The van der Waals surface area contributed by atoms with E-state index in [-0.39, 0.29) is 18.0 Å². The molecule has 0 amide bonds. The number of rotatable bonds is 4. The fourth-order valence-corrected chi connectivity index (χ4v) is 2.77. The summed E-state index contributed by atoms with van der Waals surface area (Å²) in [6.45, 7) is 4.63. The van der Waals surface area contributed by atoms with E-state index in [9.17, 15) is 9.18 Å². The van der Waals surface area contributed by atoms with Gasteiger partial charge in [0.05, 0.1) is 12.1 Å². The molecule has 3 nitrogen and oxygen atoms in total. The molecular formula is C14H14FIN2O. The molecule has 0 bridgehead atoms. The highest BCUT2D eigenvalue weighted by Gasteiger charge is 2.14. The van der Waals surface area contributed by atoms with Gasteiger partial charge in [0.15, 0.2) is 5.78 Å². The van der Waals surface area contributed by atoms with Crippen LogP contribution in [0.15, 0.2) is 24.3 Å². The second-order valence-corrected chi connectivity index (χ2v) is 5.48. The van der Waals surface area contributed by atoms with Crippen LogP contribution in [0, 0.1) is 16.3 Å². The number of benzene rings is 1. The van der Waals surface area contributed by atoms with Crippen LogP contribution < -0.4 is 0 Å². The summed E-state index contributed by atoms with van der Waals surface area (Å²) in [6, 6.07) is 6.14. The molecule has 0 aliphatic rings. The van der Waals surface area contributed by atoms with Gasteiger partial charge in [-0.05, 0) is 60.7 Å². The van der Waals surface area contributed by atoms with E-state index < -0.39 is 0 Å². The van der Waals surface area contributed by atoms with Crippen LogP contribution in [0.1, 0.15) is 28.7 Å². The summed E-state index contributed by atoms with van der Waals surface area (Å²) < 4.78 is 15.5. The molecule has 1 aromatic heterocycles. The van der Waals surface area contributed by atoms with Crippen LogP contribution in [0.5, 0.6) is 0 Å². The van der Waals surface area contributed by atoms with E-state index in [2.05, 4.69) is 5.10 Å². The molecule has 0 saturated heterocycles. The summed E-state index contributed by atoms with van der Waals surface area (Å²) in [4.78, 5) is 12.3. The van der Waals surface area contributed by atoms with Gasteiger partial charge in [-0.3, -0.25) is 9.48 Å². The Morgan fingerprint density at radius 2 is 2.16 bits per heavy atom. The number of halogens is 2. The zero-order chi connectivity index (χ0) is 14.0. The molecular weight excluding hydrogens is 358 g/mol. The summed E-state index contributed by atoms with van der Waals surface area (Å²) in [5.41, 5.74) is 2.35. The molecule has 0 N–H and O–H groups in total. The lowest BCUT2D eigenvalue weighted by atomic mass is 10.1. The van der Waals surface area contributed by atoms with Gasteiger partial charge < -0.3 is 0 Å². The van der Waals surface area contributed by atoms with E-state index in [1.165, 1.54) is 12.1 Å². The quantitative estimate of drug-likeness (QED) is 0.609. The Kier molecular flexibility index (Phi) is 4.34. The van der Waals surface area contributed by atoms with E-state index in [0.717, 1.165) is 17.9 Å². The van der Waals surface area contributed by atoms with E-state index in [1.54, 1.807) is 6.07 Å². The first-order valence-electron chi connectivity index (χ1n) is 6.03. The molecule has 5 heteroatoms. The average molecular weight is 372 g/mol. The number of carbonyl (C=O) groups is 1. The fourth-order valence-electron chi connectivity index (χ4n) is 1.99.